The van der Waals surface area contributed by atoms with E-state index in [9.17, 15) is 4.79 Å². The molecule has 0 amide bonds. The first-order chi connectivity index (χ1) is 5.45. The highest BCUT2D eigenvalue weighted by atomic mass is 16.6. The first-order valence-corrected chi connectivity index (χ1v) is 4.38. The van der Waals surface area contributed by atoms with Crippen molar-refractivity contribution in [2.75, 3.05) is 13.1 Å². The minimum absolute atomic E-state index is 0.184. The molecule has 12 heavy (non-hydrogen) atoms. The summed E-state index contributed by atoms with van der Waals surface area (Å²) in [4.78, 5) is 11.0. The molecule has 3 nitrogen and oxygen atoms in total. The first kappa shape index (κ1) is 11.4. The molecule has 0 radical (unpaired) electrons. The Morgan fingerprint density at radius 3 is 2.42 bits per heavy atom. The quantitative estimate of drug-likeness (QED) is 0.515. The van der Waals surface area contributed by atoms with Crippen molar-refractivity contribution in [3.05, 3.63) is 0 Å². The molecule has 0 saturated heterocycles. The molecule has 3 heteroatoms. The highest BCUT2D eigenvalue weighted by molar-refractivity contribution is 5.72. The predicted molar refractivity (Wildman–Crippen MR) is 49.0 cm³/mol. The number of carbonyl (C=O) groups excluding carboxylic acids is 1. The van der Waals surface area contributed by atoms with Gasteiger partial charge in [0.1, 0.15) is 5.60 Å². The molecule has 0 aromatic carbocycles. The Hall–Kier alpha value is -0.570. The van der Waals surface area contributed by atoms with Crippen molar-refractivity contribution >= 4 is 5.97 Å². The van der Waals surface area contributed by atoms with Crippen molar-refractivity contribution in [3.8, 4) is 0 Å². The van der Waals surface area contributed by atoms with E-state index in [0.717, 1.165) is 13.0 Å². The van der Waals surface area contributed by atoms with Crippen LogP contribution in [0.15, 0.2) is 0 Å². The van der Waals surface area contributed by atoms with Gasteiger partial charge >= 0.3 is 5.97 Å². The van der Waals surface area contributed by atoms with Crippen LogP contribution in [0.2, 0.25) is 0 Å². The van der Waals surface area contributed by atoms with Gasteiger partial charge in [0.2, 0.25) is 0 Å². The van der Waals surface area contributed by atoms with E-state index in [-0.39, 0.29) is 11.6 Å². The van der Waals surface area contributed by atoms with Gasteiger partial charge in [0, 0.05) is 0 Å². The molecular weight excluding hydrogens is 154 g/mol. The van der Waals surface area contributed by atoms with Crippen molar-refractivity contribution in [3.63, 3.8) is 0 Å². The summed E-state index contributed by atoms with van der Waals surface area (Å²) in [5.74, 6) is -0.184. The third-order valence-electron chi connectivity index (χ3n) is 1.12. The van der Waals surface area contributed by atoms with Crippen molar-refractivity contribution in [2.24, 2.45) is 0 Å². The standard InChI is InChI=1S/C9H19NO2/c1-5-6-10-7-8(11)12-9(2,3)4/h10H,5-7H2,1-4H3. The van der Waals surface area contributed by atoms with E-state index >= 15 is 0 Å². The summed E-state index contributed by atoms with van der Waals surface area (Å²) in [6, 6.07) is 0. The van der Waals surface area contributed by atoms with Crippen LogP contribution < -0.4 is 5.32 Å². The highest BCUT2D eigenvalue weighted by Gasteiger charge is 2.15. The van der Waals surface area contributed by atoms with Gasteiger partial charge in [0.25, 0.3) is 0 Å². The summed E-state index contributed by atoms with van der Waals surface area (Å²) in [7, 11) is 0. The number of carbonyl (C=O) groups is 1. The van der Waals surface area contributed by atoms with E-state index in [1.807, 2.05) is 20.8 Å². The number of hydrogen-bond acceptors (Lipinski definition) is 3. The van der Waals surface area contributed by atoms with Gasteiger partial charge in [-0.15, -0.1) is 0 Å². The maximum Gasteiger partial charge on any atom is 0.320 e. The Kier molecular flexibility index (Phi) is 4.90. The van der Waals surface area contributed by atoms with Gasteiger partial charge in [-0.25, -0.2) is 0 Å². The summed E-state index contributed by atoms with van der Waals surface area (Å²) >= 11 is 0. The molecule has 0 heterocycles. The number of hydrogen-bond donors (Lipinski definition) is 1. The lowest BCUT2D eigenvalue weighted by Gasteiger charge is -2.19. The lowest BCUT2D eigenvalue weighted by molar-refractivity contribution is -0.153. The SMILES string of the molecule is CCCNCC(=O)OC(C)(C)C. The lowest BCUT2D eigenvalue weighted by atomic mass is 10.2. The van der Waals surface area contributed by atoms with Crippen molar-refractivity contribution in [1.82, 2.24) is 5.32 Å². The molecule has 0 bridgehead atoms. The van der Waals surface area contributed by atoms with Crippen LogP contribution in [0.4, 0.5) is 0 Å². The van der Waals surface area contributed by atoms with E-state index in [0.29, 0.717) is 6.54 Å². The molecule has 0 atom stereocenters. The highest BCUT2D eigenvalue weighted by Crippen LogP contribution is 2.05. The van der Waals surface area contributed by atoms with Crippen molar-refractivity contribution in [2.45, 2.75) is 39.7 Å². The van der Waals surface area contributed by atoms with Crippen LogP contribution in [0.3, 0.4) is 0 Å². The molecule has 0 fully saturated rings. The molecule has 0 aliphatic rings. The van der Waals surface area contributed by atoms with E-state index < -0.39 is 0 Å². The summed E-state index contributed by atoms with van der Waals surface area (Å²) in [6.07, 6.45) is 1.03. The molecule has 0 aromatic heterocycles. The summed E-state index contributed by atoms with van der Waals surface area (Å²) < 4.78 is 5.08. The van der Waals surface area contributed by atoms with Gasteiger partial charge in [0.05, 0.1) is 6.54 Å². The predicted octanol–water partition coefficient (Wildman–Crippen LogP) is 1.33. The fourth-order valence-corrected chi connectivity index (χ4v) is 0.745. The van der Waals surface area contributed by atoms with Crippen LogP contribution >= 0.6 is 0 Å². The van der Waals surface area contributed by atoms with Crippen LogP contribution in [0, 0.1) is 0 Å². The van der Waals surface area contributed by atoms with Gasteiger partial charge < -0.3 is 10.1 Å². The van der Waals surface area contributed by atoms with E-state index in [2.05, 4.69) is 12.2 Å². The van der Waals surface area contributed by atoms with Crippen LogP contribution in [-0.2, 0) is 9.53 Å². The third kappa shape index (κ3) is 7.54. The Bertz CT molecular complexity index is 138. The molecule has 0 saturated carbocycles. The second kappa shape index (κ2) is 5.14. The summed E-state index contributed by atoms with van der Waals surface area (Å²) in [5.41, 5.74) is -0.370. The molecule has 0 rings (SSSR count). The Morgan fingerprint density at radius 2 is 2.00 bits per heavy atom. The van der Waals surface area contributed by atoms with E-state index in [1.54, 1.807) is 0 Å². The monoisotopic (exact) mass is 173 g/mol. The fourth-order valence-electron chi connectivity index (χ4n) is 0.745. The molecule has 0 spiro atoms. The molecule has 0 unspecified atom stereocenters. The average molecular weight is 173 g/mol. The van der Waals surface area contributed by atoms with Crippen molar-refractivity contribution < 1.29 is 9.53 Å². The molecule has 1 N–H and O–H groups in total. The van der Waals surface area contributed by atoms with Gasteiger partial charge in [0.15, 0.2) is 0 Å². The van der Waals surface area contributed by atoms with Crippen molar-refractivity contribution in [1.29, 1.82) is 0 Å². The van der Waals surface area contributed by atoms with Gasteiger partial charge in [-0.3, -0.25) is 4.79 Å². The first-order valence-electron chi connectivity index (χ1n) is 4.38. The molecule has 0 aromatic rings. The number of ether oxygens (including phenoxy) is 1. The van der Waals surface area contributed by atoms with E-state index in [4.69, 9.17) is 4.74 Å². The second-order valence-electron chi connectivity index (χ2n) is 3.76. The zero-order chi connectivity index (χ0) is 9.61. The lowest BCUT2D eigenvalue weighted by Crippen LogP contribution is -2.31. The number of esters is 1. The zero-order valence-electron chi connectivity index (χ0n) is 8.44. The normalized spacial score (nSPS) is 11.3. The fraction of sp³-hybridized carbons (Fsp3) is 0.889. The maximum absolute atomic E-state index is 11.0. The molecular formula is C9H19NO2. The Balaban J connectivity index is 3.47. The van der Waals surface area contributed by atoms with Gasteiger partial charge in [-0.2, -0.15) is 0 Å². The average Bonchev–Trinajstić information content (AvgIpc) is 1.84. The number of nitrogens with one attached hydrogen (secondary N) is 1. The molecule has 0 aliphatic heterocycles. The van der Waals surface area contributed by atoms with Crippen LogP contribution in [0.25, 0.3) is 0 Å². The van der Waals surface area contributed by atoms with Crippen LogP contribution in [0.1, 0.15) is 34.1 Å². The third-order valence-corrected chi connectivity index (χ3v) is 1.12. The number of rotatable bonds is 4. The minimum atomic E-state index is -0.370. The topological polar surface area (TPSA) is 38.3 Å². The van der Waals surface area contributed by atoms with Crippen LogP contribution in [-0.4, -0.2) is 24.7 Å². The van der Waals surface area contributed by atoms with Gasteiger partial charge in [-0.1, -0.05) is 6.92 Å². The maximum atomic E-state index is 11.0. The second-order valence-corrected chi connectivity index (χ2v) is 3.76. The van der Waals surface area contributed by atoms with Crippen LogP contribution in [0.5, 0.6) is 0 Å². The largest absolute Gasteiger partial charge is 0.459 e. The molecule has 0 aliphatic carbocycles. The van der Waals surface area contributed by atoms with E-state index in [1.165, 1.54) is 0 Å². The molecule has 72 valence electrons. The Morgan fingerprint density at radius 1 is 1.42 bits per heavy atom. The summed E-state index contributed by atoms with van der Waals surface area (Å²) in [5, 5.41) is 2.98. The smallest absolute Gasteiger partial charge is 0.320 e. The van der Waals surface area contributed by atoms with Gasteiger partial charge in [-0.05, 0) is 33.7 Å². The Labute approximate surface area is 74.5 Å². The zero-order valence-corrected chi connectivity index (χ0v) is 8.44. The summed E-state index contributed by atoms with van der Waals surface area (Å²) in [6.45, 7) is 8.83. The minimum Gasteiger partial charge on any atom is -0.459 e.